The number of carbonyl (C=O) groups excluding carboxylic acids is 1. The summed E-state index contributed by atoms with van der Waals surface area (Å²) in [7, 11) is 0. The minimum Gasteiger partial charge on any atom is -0.341 e. The lowest BCUT2D eigenvalue weighted by Gasteiger charge is -2.35. The van der Waals surface area contributed by atoms with Crippen molar-refractivity contribution in [2.24, 2.45) is 0 Å². The van der Waals surface area contributed by atoms with E-state index in [1.54, 1.807) is 6.20 Å². The molecule has 1 unspecified atom stereocenters. The predicted octanol–water partition coefficient (Wildman–Crippen LogP) is 2.95. The summed E-state index contributed by atoms with van der Waals surface area (Å²) >= 11 is 0. The van der Waals surface area contributed by atoms with E-state index in [2.05, 4.69) is 19.9 Å². The number of aromatic amines is 1. The normalized spacial score (nSPS) is 18.2. The minimum atomic E-state index is 0.0488. The van der Waals surface area contributed by atoms with Gasteiger partial charge in [-0.15, -0.1) is 0 Å². The maximum absolute atomic E-state index is 12.3. The standard InChI is InChI=1S/C17H23N5O/c1-4-16(23)22-8-6-5-7-15(22)13-9-14(21-12(3)20-13)17-18-10-11(2)19-17/h9-10,15H,4-8H2,1-3H3,(H,18,19). The topological polar surface area (TPSA) is 74.8 Å². The number of likely N-dealkylation sites (tertiary alicyclic amines) is 1. The molecule has 6 heteroatoms. The molecule has 3 heterocycles. The van der Waals surface area contributed by atoms with Crippen molar-refractivity contribution < 1.29 is 4.79 Å². The zero-order valence-corrected chi connectivity index (χ0v) is 14.0. The zero-order valence-electron chi connectivity index (χ0n) is 14.0. The first-order valence-corrected chi connectivity index (χ1v) is 8.25. The molecule has 1 amide bonds. The molecule has 23 heavy (non-hydrogen) atoms. The molecule has 0 aliphatic carbocycles. The quantitative estimate of drug-likeness (QED) is 0.945. The van der Waals surface area contributed by atoms with Crippen LogP contribution in [-0.2, 0) is 4.79 Å². The van der Waals surface area contributed by atoms with Gasteiger partial charge >= 0.3 is 0 Å². The molecule has 0 radical (unpaired) electrons. The number of nitrogens with one attached hydrogen (secondary N) is 1. The number of imidazole rings is 1. The first-order valence-electron chi connectivity index (χ1n) is 8.25. The summed E-state index contributed by atoms with van der Waals surface area (Å²) in [5, 5.41) is 0. The van der Waals surface area contributed by atoms with Gasteiger partial charge in [0.15, 0.2) is 5.82 Å². The molecular weight excluding hydrogens is 290 g/mol. The average Bonchev–Trinajstić information content (AvgIpc) is 3.00. The van der Waals surface area contributed by atoms with Crippen LogP contribution in [0.2, 0.25) is 0 Å². The second kappa shape index (κ2) is 6.48. The van der Waals surface area contributed by atoms with E-state index in [9.17, 15) is 4.79 Å². The van der Waals surface area contributed by atoms with Gasteiger partial charge in [0.25, 0.3) is 0 Å². The maximum Gasteiger partial charge on any atom is 0.222 e. The van der Waals surface area contributed by atoms with Gasteiger partial charge in [-0.2, -0.15) is 0 Å². The van der Waals surface area contributed by atoms with Crippen LogP contribution in [0.25, 0.3) is 11.5 Å². The highest BCUT2D eigenvalue weighted by Gasteiger charge is 2.28. The molecule has 0 bridgehead atoms. The SMILES string of the molecule is CCC(=O)N1CCCCC1c1cc(-c2ncc(C)[nH]2)nc(C)n1. The van der Waals surface area contributed by atoms with Gasteiger partial charge in [0.05, 0.1) is 11.7 Å². The van der Waals surface area contributed by atoms with Gasteiger partial charge in [-0.3, -0.25) is 4.79 Å². The van der Waals surface area contributed by atoms with Gasteiger partial charge < -0.3 is 9.88 Å². The van der Waals surface area contributed by atoms with Gasteiger partial charge in [0.1, 0.15) is 11.5 Å². The molecule has 1 aliphatic heterocycles. The fourth-order valence-electron chi connectivity index (χ4n) is 3.17. The Labute approximate surface area is 136 Å². The van der Waals surface area contributed by atoms with Gasteiger partial charge in [-0.05, 0) is 39.2 Å². The van der Waals surface area contributed by atoms with Crippen molar-refractivity contribution in [1.82, 2.24) is 24.8 Å². The fraction of sp³-hybridized carbons (Fsp3) is 0.529. The maximum atomic E-state index is 12.3. The lowest BCUT2D eigenvalue weighted by atomic mass is 9.98. The van der Waals surface area contributed by atoms with Crippen molar-refractivity contribution in [3.8, 4) is 11.5 Å². The minimum absolute atomic E-state index is 0.0488. The van der Waals surface area contributed by atoms with Crippen molar-refractivity contribution in [2.75, 3.05) is 6.54 Å². The third-order valence-electron chi connectivity index (χ3n) is 4.27. The second-order valence-electron chi connectivity index (χ2n) is 6.09. The van der Waals surface area contributed by atoms with Crippen molar-refractivity contribution >= 4 is 5.91 Å². The van der Waals surface area contributed by atoms with Crippen LogP contribution in [0.4, 0.5) is 0 Å². The summed E-state index contributed by atoms with van der Waals surface area (Å²) in [4.78, 5) is 30.9. The van der Waals surface area contributed by atoms with Crippen molar-refractivity contribution in [2.45, 2.75) is 52.5 Å². The number of carbonyl (C=O) groups is 1. The largest absolute Gasteiger partial charge is 0.341 e. The Bertz CT molecular complexity index is 709. The number of rotatable bonds is 3. The third-order valence-corrected chi connectivity index (χ3v) is 4.27. The molecule has 1 fully saturated rings. The summed E-state index contributed by atoms with van der Waals surface area (Å²) in [6.07, 6.45) is 5.47. The van der Waals surface area contributed by atoms with E-state index in [0.29, 0.717) is 12.2 Å². The van der Waals surface area contributed by atoms with Crippen molar-refractivity contribution in [3.63, 3.8) is 0 Å². The Balaban J connectivity index is 1.98. The van der Waals surface area contributed by atoms with E-state index >= 15 is 0 Å². The van der Waals surface area contributed by atoms with Crippen LogP contribution in [0.5, 0.6) is 0 Å². The summed E-state index contributed by atoms with van der Waals surface area (Å²) in [5.41, 5.74) is 2.70. The second-order valence-corrected chi connectivity index (χ2v) is 6.09. The highest BCUT2D eigenvalue weighted by Crippen LogP contribution is 2.31. The summed E-state index contributed by atoms with van der Waals surface area (Å²) in [6, 6.07) is 2.02. The number of hydrogen-bond donors (Lipinski definition) is 1. The number of aromatic nitrogens is 4. The fourth-order valence-corrected chi connectivity index (χ4v) is 3.17. The monoisotopic (exact) mass is 313 g/mol. The summed E-state index contributed by atoms with van der Waals surface area (Å²) < 4.78 is 0. The summed E-state index contributed by atoms with van der Waals surface area (Å²) in [5.74, 6) is 1.65. The highest BCUT2D eigenvalue weighted by molar-refractivity contribution is 5.76. The van der Waals surface area contributed by atoms with Crippen LogP contribution >= 0.6 is 0 Å². The van der Waals surface area contributed by atoms with E-state index in [1.807, 2.05) is 31.7 Å². The number of H-pyrrole nitrogens is 1. The molecule has 1 aliphatic rings. The molecule has 2 aromatic heterocycles. The molecule has 0 spiro atoms. The van der Waals surface area contributed by atoms with E-state index in [0.717, 1.165) is 48.7 Å². The first kappa shape index (κ1) is 15.6. The lowest BCUT2D eigenvalue weighted by molar-refractivity contribution is -0.134. The average molecular weight is 313 g/mol. The van der Waals surface area contributed by atoms with Crippen LogP contribution in [0.1, 0.15) is 55.9 Å². The molecule has 6 nitrogen and oxygen atoms in total. The third kappa shape index (κ3) is 3.25. The predicted molar refractivity (Wildman–Crippen MR) is 87.7 cm³/mol. The lowest BCUT2D eigenvalue weighted by Crippen LogP contribution is -2.38. The van der Waals surface area contributed by atoms with E-state index < -0.39 is 0 Å². The Morgan fingerprint density at radius 1 is 1.35 bits per heavy atom. The van der Waals surface area contributed by atoms with Crippen LogP contribution in [0, 0.1) is 13.8 Å². The van der Waals surface area contributed by atoms with Gasteiger partial charge in [0.2, 0.25) is 5.91 Å². The van der Waals surface area contributed by atoms with E-state index in [4.69, 9.17) is 0 Å². The number of amides is 1. The molecule has 0 aromatic carbocycles. The molecule has 1 saturated heterocycles. The molecule has 3 rings (SSSR count). The number of aryl methyl sites for hydroxylation is 2. The van der Waals surface area contributed by atoms with Crippen LogP contribution in [-0.4, -0.2) is 37.3 Å². The highest BCUT2D eigenvalue weighted by atomic mass is 16.2. The first-order chi connectivity index (χ1) is 11.1. The van der Waals surface area contributed by atoms with Gasteiger partial charge in [0, 0.05) is 24.9 Å². The Hall–Kier alpha value is -2.24. The molecule has 122 valence electrons. The molecule has 2 aromatic rings. The van der Waals surface area contributed by atoms with Crippen molar-refractivity contribution in [1.29, 1.82) is 0 Å². The van der Waals surface area contributed by atoms with Gasteiger partial charge in [-0.1, -0.05) is 6.92 Å². The Morgan fingerprint density at radius 2 is 2.17 bits per heavy atom. The number of nitrogens with zero attached hydrogens (tertiary/aromatic N) is 4. The Kier molecular flexibility index (Phi) is 4.41. The molecule has 1 atom stereocenters. The number of hydrogen-bond acceptors (Lipinski definition) is 4. The smallest absolute Gasteiger partial charge is 0.222 e. The zero-order chi connectivity index (χ0) is 16.4. The van der Waals surface area contributed by atoms with Crippen LogP contribution < -0.4 is 0 Å². The Morgan fingerprint density at radius 3 is 2.87 bits per heavy atom. The summed E-state index contributed by atoms with van der Waals surface area (Å²) in [6.45, 7) is 6.58. The molecular formula is C17H23N5O. The number of piperidine rings is 1. The van der Waals surface area contributed by atoms with Gasteiger partial charge in [-0.25, -0.2) is 15.0 Å². The van der Waals surface area contributed by atoms with Crippen LogP contribution in [0.3, 0.4) is 0 Å². The van der Waals surface area contributed by atoms with E-state index in [-0.39, 0.29) is 11.9 Å². The van der Waals surface area contributed by atoms with E-state index in [1.165, 1.54) is 0 Å². The molecule has 0 saturated carbocycles. The molecule has 1 N–H and O–H groups in total. The van der Waals surface area contributed by atoms with Crippen molar-refractivity contribution in [3.05, 3.63) is 29.5 Å². The van der Waals surface area contributed by atoms with Crippen LogP contribution in [0.15, 0.2) is 12.3 Å².